The molecular weight excluding hydrogens is 633 g/mol. The van der Waals surface area contributed by atoms with Crippen LogP contribution in [0.15, 0.2) is 86.7 Å². The van der Waals surface area contributed by atoms with E-state index in [1.54, 1.807) is 4.57 Å². The third kappa shape index (κ3) is 6.02. The predicted octanol–water partition coefficient (Wildman–Crippen LogP) is 6.65. The van der Waals surface area contributed by atoms with Crippen LogP contribution in [0, 0.1) is 13.8 Å². The van der Waals surface area contributed by atoms with E-state index in [4.69, 9.17) is 4.42 Å². The molecular formula is C33H36N2O7S3+2. The van der Waals surface area contributed by atoms with Crippen LogP contribution in [-0.4, -0.2) is 43.6 Å². The molecule has 2 unspecified atom stereocenters. The van der Waals surface area contributed by atoms with Crippen molar-refractivity contribution in [2.24, 2.45) is 0 Å². The smallest absolute Gasteiger partial charge is 0.374 e. The molecule has 236 valence electrons. The summed E-state index contributed by atoms with van der Waals surface area (Å²) in [5.41, 5.74) is 7.03. The van der Waals surface area contributed by atoms with Crippen LogP contribution in [0.1, 0.15) is 43.2 Å². The molecule has 2 aliphatic rings. The van der Waals surface area contributed by atoms with Crippen molar-refractivity contribution in [2.75, 3.05) is 12.3 Å². The fourth-order valence-electron chi connectivity index (χ4n) is 6.43. The molecule has 0 radical (unpaired) electrons. The van der Waals surface area contributed by atoms with E-state index in [1.165, 1.54) is 11.8 Å². The molecule has 45 heavy (non-hydrogen) atoms. The fraction of sp³-hybridized carbons (Fsp3) is 0.303. The second-order valence-corrected chi connectivity index (χ2v) is 15.9. The van der Waals surface area contributed by atoms with Crippen LogP contribution in [0.2, 0.25) is 0 Å². The van der Waals surface area contributed by atoms with E-state index in [-0.39, 0.29) is 11.0 Å². The van der Waals surface area contributed by atoms with Crippen LogP contribution in [0.4, 0.5) is 5.69 Å². The summed E-state index contributed by atoms with van der Waals surface area (Å²) in [5.74, 6) is -0.0930. The highest BCUT2D eigenvalue weighted by Gasteiger charge is 2.58. The molecule has 2 aliphatic heterocycles. The average Bonchev–Trinajstić information content (AvgIpc) is 3.66. The lowest BCUT2D eigenvalue weighted by atomic mass is 10.1. The number of aryl methyl sites for hydroxylation is 3. The minimum atomic E-state index is -4.37. The number of oxazole rings is 1. The molecule has 0 aliphatic carbocycles. The average molecular weight is 669 g/mol. The van der Waals surface area contributed by atoms with E-state index in [1.807, 2.05) is 87.5 Å². The molecule has 1 saturated heterocycles. The number of thioether (sulfide) groups is 1. The third-order valence-electron chi connectivity index (χ3n) is 8.85. The number of rotatable bonds is 8. The van der Waals surface area contributed by atoms with Crippen LogP contribution in [0.25, 0.3) is 28.3 Å². The molecule has 1 fully saturated rings. The van der Waals surface area contributed by atoms with Crippen LogP contribution in [0.3, 0.4) is 0 Å². The Bertz CT molecular complexity index is 2090. The van der Waals surface area contributed by atoms with E-state index < -0.39 is 31.4 Å². The first-order valence-corrected chi connectivity index (χ1v) is 18.8. The Labute approximate surface area is 268 Å². The molecule has 3 aromatic carbocycles. The van der Waals surface area contributed by atoms with Crippen LogP contribution >= 0.6 is 11.8 Å². The highest BCUT2D eigenvalue weighted by atomic mass is 32.2. The van der Waals surface area contributed by atoms with Gasteiger partial charge in [-0.25, -0.2) is 4.48 Å². The number of hydrogen-bond donors (Lipinski definition) is 2. The normalized spacial score (nSPS) is 21.3. The number of quaternary nitrogens is 1. The molecule has 1 spiro atoms. The SMILES string of the molecule is CCC(=Cc1oc2ccc(-c3ccccc3)cc2[n+]1CCS(=O)(=O)O)C=C1Sc2cc(C)c(C)cc2[N+]12CCCC2S(=O)(=O)O. The van der Waals surface area contributed by atoms with Crippen molar-refractivity contribution in [1.82, 2.24) is 4.48 Å². The van der Waals surface area contributed by atoms with E-state index in [2.05, 4.69) is 6.07 Å². The zero-order valence-corrected chi connectivity index (χ0v) is 27.8. The highest BCUT2D eigenvalue weighted by molar-refractivity contribution is 8.03. The largest absolute Gasteiger partial charge is 0.398 e. The summed E-state index contributed by atoms with van der Waals surface area (Å²) in [4.78, 5) is 0.968. The van der Waals surface area contributed by atoms with Gasteiger partial charge >= 0.3 is 16.0 Å². The lowest BCUT2D eigenvalue weighted by Gasteiger charge is -2.34. The van der Waals surface area contributed by atoms with Crippen molar-refractivity contribution in [3.8, 4) is 11.1 Å². The number of fused-ring (bicyclic) bond motifs is 3. The summed E-state index contributed by atoms with van der Waals surface area (Å²) in [6.07, 6.45) is 5.38. The summed E-state index contributed by atoms with van der Waals surface area (Å²) in [5, 5.41) is -0.213. The molecule has 0 amide bonds. The van der Waals surface area contributed by atoms with Gasteiger partial charge in [0.05, 0.1) is 17.5 Å². The summed E-state index contributed by atoms with van der Waals surface area (Å²) >= 11 is 1.52. The first-order chi connectivity index (χ1) is 21.3. The van der Waals surface area contributed by atoms with Gasteiger partial charge in [0, 0.05) is 31.1 Å². The van der Waals surface area contributed by atoms with Gasteiger partial charge in [0.1, 0.15) is 5.75 Å². The van der Waals surface area contributed by atoms with Gasteiger partial charge in [-0.05, 0) is 72.0 Å². The van der Waals surface area contributed by atoms with Crippen LogP contribution in [-0.2, 0) is 26.8 Å². The van der Waals surface area contributed by atoms with E-state index in [9.17, 15) is 25.9 Å². The highest BCUT2D eigenvalue weighted by Crippen LogP contribution is 2.57. The Morgan fingerprint density at radius 2 is 1.76 bits per heavy atom. The van der Waals surface area contributed by atoms with Crippen molar-refractivity contribution in [2.45, 2.75) is 56.8 Å². The molecule has 6 rings (SSSR count). The first kappa shape index (κ1) is 31.7. The molecule has 4 aromatic rings. The van der Waals surface area contributed by atoms with E-state index in [0.717, 1.165) is 43.4 Å². The summed E-state index contributed by atoms with van der Waals surface area (Å²) in [7, 11) is -8.63. The Morgan fingerprint density at radius 1 is 1.02 bits per heavy atom. The number of hydrogen-bond acceptors (Lipinski definition) is 6. The molecule has 2 N–H and O–H groups in total. The summed E-state index contributed by atoms with van der Waals surface area (Å²) in [6, 6.07) is 19.7. The quantitative estimate of drug-likeness (QED) is 0.122. The molecule has 0 bridgehead atoms. The number of allylic oxidation sites excluding steroid dienone is 2. The van der Waals surface area contributed by atoms with Gasteiger partial charge in [0.2, 0.25) is 11.0 Å². The monoisotopic (exact) mass is 668 g/mol. The number of nitrogens with zero attached hydrogens (tertiary/aromatic N) is 2. The molecule has 12 heteroatoms. The Hall–Kier alpha value is -3.26. The van der Waals surface area contributed by atoms with Crippen LogP contribution in [0.5, 0.6) is 0 Å². The molecule has 9 nitrogen and oxygen atoms in total. The minimum absolute atomic E-state index is 0.0347. The van der Waals surface area contributed by atoms with Crippen molar-refractivity contribution in [3.63, 3.8) is 0 Å². The van der Waals surface area contributed by atoms with Crippen LogP contribution < -0.4 is 9.05 Å². The standard InChI is InChI=1S/C33H34N2O7S3/c1-4-24(20-32-35(15-8-11-33(35)45(39,40)41)28-17-22(2)23(3)18-30(28)43-32)19-31-34(14-16-44(36,37)38)27-21-26(12-13-29(27)42-31)25-9-6-5-7-10-25/h5-7,9-10,12-13,17-21,33H,4,8,11,14-16H2,1-3H3/p+2. The number of aromatic nitrogens is 1. The third-order valence-corrected chi connectivity index (χ3v) is 12.0. The maximum Gasteiger partial charge on any atom is 0.374 e. The van der Waals surface area contributed by atoms with Crippen molar-refractivity contribution >= 4 is 54.9 Å². The van der Waals surface area contributed by atoms with Crippen molar-refractivity contribution < 1.29 is 34.9 Å². The van der Waals surface area contributed by atoms with Gasteiger partial charge in [0.15, 0.2) is 17.3 Å². The van der Waals surface area contributed by atoms with Gasteiger partial charge in [-0.3, -0.25) is 9.11 Å². The van der Waals surface area contributed by atoms with E-state index >= 15 is 0 Å². The second kappa shape index (κ2) is 11.8. The fourth-order valence-corrected chi connectivity index (χ4v) is 9.64. The maximum atomic E-state index is 12.8. The molecule has 3 heterocycles. The lowest BCUT2D eigenvalue weighted by Crippen LogP contribution is -2.53. The van der Waals surface area contributed by atoms with Gasteiger partial charge in [-0.2, -0.15) is 21.4 Å². The maximum absolute atomic E-state index is 12.8. The lowest BCUT2D eigenvalue weighted by molar-refractivity contribution is -0.673. The Morgan fingerprint density at radius 3 is 2.44 bits per heavy atom. The Balaban J connectivity index is 1.50. The van der Waals surface area contributed by atoms with Gasteiger partial charge < -0.3 is 4.42 Å². The zero-order chi connectivity index (χ0) is 32.1. The van der Waals surface area contributed by atoms with Crippen molar-refractivity contribution in [3.05, 3.63) is 94.4 Å². The molecule has 0 saturated carbocycles. The minimum Gasteiger partial charge on any atom is -0.398 e. The Kier molecular flexibility index (Phi) is 8.34. The van der Waals surface area contributed by atoms with Gasteiger partial charge in [-0.1, -0.05) is 43.3 Å². The first-order valence-electron chi connectivity index (χ1n) is 14.8. The predicted molar refractivity (Wildman–Crippen MR) is 178 cm³/mol. The van der Waals surface area contributed by atoms with Gasteiger partial charge in [0.25, 0.3) is 15.6 Å². The summed E-state index contributed by atoms with van der Waals surface area (Å²) < 4.78 is 77.2. The van der Waals surface area contributed by atoms with E-state index in [0.29, 0.717) is 42.8 Å². The van der Waals surface area contributed by atoms with Gasteiger partial charge in [-0.15, -0.1) is 0 Å². The number of benzene rings is 3. The topological polar surface area (TPSA) is 126 Å². The van der Waals surface area contributed by atoms with Crippen molar-refractivity contribution in [1.29, 1.82) is 0 Å². The summed E-state index contributed by atoms with van der Waals surface area (Å²) in [6.45, 7) is 6.52. The molecule has 2 atom stereocenters. The second-order valence-electron chi connectivity index (χ2n) is 11.7. The zero-order valence-electron chi connectivity index (χ0n) is 25.3. The molecule has 1 aromatic heterocycles.